The van der Waals surface area contributed by atoms with Gasteiger partial charge in [0.25, 0.3) is 5.91 Å². The molecule has 2 aromatic carbocycles. The van der Waals surface area contributed by atoms with E-state index in [1.165, 1.54) is 4.90 Å². The summed E-state index contributed by atoms with van der Waals surface area (Å²) in [7, 11) is 4.73. The monoisotopic (exact) mass is 413 g/mol. The average Bonchev–Trinajstić information content (AvgIpc) is 2.76. The van der Waals surface area contributed by atoms with Gasteiger partial charge in [0, 0.05) is 19.3 Å². The Morgan fingerprint density at radius 3 is 2.57 bits per heavy atom. The smallest absolute Gasteiger partial charge is 0.313 e. The zero-order chi connectivity index (χ0) is 21.7. The molecule has 0 aromatic heterocycles. The van der Waals surface area contributed by atoms with E-state index >= 15 is 0 Å². The van der Waals surface area contributed by atoms with E-state index in [4.69, 9.17) is 14.2 Å². The second kappa shape index (κ2) is 9.17. The molecule has 0 bridgehead atoms. The number of methoxy groups -OCH3 is 2. The number of nitrogens with one attached hydrogen (secondary N) is 2. The first kappa shape index (κ1) is 21.0. The number of nitrogens with zero attached hydrogens (tertiary/aromatic N) is 1. The van der Waals surface area contributed by atoms with Gasteiger partial charge in [-0.25, -0.2) is 0 Å². The minimum atomic E-state index is -0.798. The Kier molecular flexibility index (Phi) is 6.41. The molecule has 3 amide bonds. The third kappa shape index (κ3) is 4.62. The Morgan fingerprint density at radius 1 is 1.07 bits per heavy atom. The molecule has 9 nitrogen and oxygen atoms in total. The minimum Gasteiger partial charge on any atom is -0.493 e. The highest BCUT2D eigenvalue weighted by molar-refractivity contribution is 6.39. The standard InChI is InChI=1S/C21H23N3O6/c1-24-15-11-14(5-7-16(15)30-12-19(24)25)23-21(27)20(26)22-9-8-13-4-6-17(28-2)18(10-13)29-3/h4-7,10-11H,8-9,12H2,1-3H3,(H,22,26)(H,23,27). The number of likely N-dealkylation sites (N-methyl/N-ethyl adjacent to an activating group) is 1. The van der Waals surface area contributed by atoms with Gasteiger partial charge in [0.15, 0.2) is 18.1 Å². The molecule has 2 aromatic rings. The quantitative estimate of drug-likeness (QED) is 0.693. The van der Waals surface area contributed by atoms with E-state index < -0.39 is 11.8 Å². The Bertz CT molecular complexity index is 975. The number of rotatable bonds is 6. The predicted molar refractivity (Wildman–Crippen MR) is 110 cm³/mol. The number of carbonyl (C=O) groups is 3. The van der Waals surface area contributed by atoms with Gasteiger partial charge in [0.1, 0.15) is 5.75 Å². The van der Waals surface area contributed by atoms with Crippen LogP contribution < -0.4 is 29.7 Å². The fraction of sp³-hybridized carbons (Fsp3) is 0.286. The zero-order valence-corrected chi connectivity index (χ0v) is 17.0. The molecule has 1 heterocycles. The zero-order valence-electron chi connectivity index (χ0n) is 17.0. The summed E-state index contributed by atoms with van der Waals surface area (Å²) in [4.78, 5) is 37.5. The van der Waals surface area contributed by atoms with E-state index in [1.807, 2.05) is 12.1 Å². The highest BCUT2D eigenvalue weighted by Gasteiger charge is 2.23. The Balaban J connectivity index is 1.54. The lowest BCUT2D eigenvalue weighted by Gasteiger charge is -2.26. The van der Waals surface area contributed by atoms with Crippen LogP contribution in [0.2, 0.25) is 0 Å². The van der Waals surface area contributed by atoms with Crippen LogP contribution in [0.4, 0.5) is 11.4 Å². The first-order valence-electron chi connectivity index (χ1n) is 9.26. The molecule has 1 aliphatic heterocycles. The lowest BCUT2D eigenvalue weighted by Crippen LogP contribution is -2.37. The van der Waals surface area contributed by atoms with Crippen molar-refractivity contribution in [3.05, 3.63) is 42.0 Å². The van der Waals surface area contributed by atoms with Crippen molar-refractivity contribution >= 4 is 29.1 Å². The lowest BCUT2D eigenvalue weighted by atomic mass is 10.1. The molecule has 0 unspecified atom stereocenters. The molecule has 0 aliphatic carbocycles. The van der Waals surface area contributed by atoms with Crippen molar-refractivity contribution in [1.82, 2.24) is 5.32 Å². The second-order valence-corrected chi connectivity index (χ2v) is 6.57. The van der Waals surface area contributed by atoms with E-state index in [1.54, 1.807) is 45.5 Å². The van der Waals surface area contributed by atoms with Gasteiger partial charge in [0.2, 0.25) is 0 Å². The van der Waals surface area contributed by atoms with Gasteiger partial charge in [-0.15, -0.1) is 0 Å². The number of hydrogen-bond donors (Lipinski definition) is 2. The number of carbonyl (C=O) groups excluding carboxylic acids is 3. The fourth-order valence-electron chi connectivity index (χ4n) is 2.97. The van der Waals surface area contributed by atoms with Crippen molar-refractivity contribution in [2.45, 2.75) is 6.42 Å². The number of anilines is 2. The molecule has 30 heavy (non-hydrogen) atoms. The normalized spacial score (nSPS) is 12.5. The van der Waals surface area contributed by atoms with E-state index in [2.05, 4.69) is 10.6 Å². The van der Waals surface area contributed by atoms with E-state index in [0.717, 1.165) is 5.56 Å². The Morgan fingerprint density at radius 2 is 1.83 bits per heavy atom. The summed E-state index contributed by atoms with van der Waals surface area (Å²) in [6, 6.07) is 10.3. The molecule has 3 rings (SSSR count). The van der Waals surface area contributed by atoms with E-state index in [-0.39, 0.29) is 19.1 Å². The van der Waals surface area contributed by atoms with Crippen LogP contribution in [0.5, 0.6) is 17.2 Å². The van der Waals surface area contributed by atoms with Crippen LogP contribution in [0.1, 0.15) is 5.56 Å². The predicted octanol–water partition coefficient (Wildman–Crippen LogP) is 1.36. The van der Waals surface area contributed by atoms with Gasteiger partial charge in [-0.3, -0.25) is 14.4 Å². The highest BCUT2D eigenvalue weighted by Crippen LogP contribution is 2.33. The summed E-state index contributed by atoms with van der Waals surface area (Å²) >= 11 is 0. The van der Waals surface area contributed by atoms with E-state index in [0.29, 0.717) is 35.0 Å². The van der Waals surface area contributed by atoms with Gasteiger partial charge >= 0.3 is 11.8 Å². The van der Waals surface area contributed by atoms with Crippen LogP contribution in [0.15, 0.2) is 36.4 Å². The summed E-state index contributed by atoms with van der Waals surface area (Å²) < 4.78 is 15.8. The summed E-state index contributed by atoms with van der Waals surface area (Å²) in [5.74, 6) is 0.00145. The Labute approximate surface area is 173 Å². The molecule has 1 aliphatic rings. The fourth-order valence-corrected chi connectivity index (χ4v) is 2.97. The van der Waals surface area contributed by atoms with Gasteiger partial charge in [-0.1, -0.05) is 6.07 Å². The summed E-state index contributed by atoms with van der Waals surface area (Å²) in [6.07, 6.45) is 0.516. The third-order valence-corrected chi connectivity index (χ3v) is 4.66. The number of amides is 3. The molecule has 0 fully saturated rings. The largest absolute Gasteiger partial charge is 0.493 e. The van der Waals surface area contributed by atoms with E-state index in [9.17, 15) is 14.4 Å². The topological polar surface area (TPSA) is 106 Å². The molecule has 0 saturated carbocycles. The highest BCUT2D eigenvalue weighted by atomic mass is 16.5. The maximum absolute atomic E-state index is 12.2. The van der Waals surface area contributed by atoms with Gasteiger partial charge in [-0.05, 0) is 42.3 Å². The van der Waals surface area contributed by atoms with Crippen molar-refractivity contribution in [2.75, 3.05) is 44.6 Å². The van der Waals surface area contributed by atoms with Crippen molar-refractivity contribution < 1.29 is 28.6 Å². The summed E-state index contributed by atoms with van der Waals surface area (Å²) in [5.41, 5.74) is 1.84. The number of benzene rings is 2. The molecule has 158 valence electrons. The van der Waals surface area contributed by atoms with Crippen molar-refractivity contribution in [1.29, 1.82) is 0 Å². The van der Waals surface area contributed by atoms with Crippen molar-refractivity contribution in [2.24, 2.45) is 0 Å². The number of fused-ring (bicyclic) bond motifs is 1. The van der Waals surface area contributed by atoms with Crippen LogP contribution in [0.25, 0.3) is 0 Å². The number of ether oxygens (including phenoxy) is 3. The van der Waals surface area contributed by atoms with Crippen molar-refractivity contribution in [3.8, 4) is 17.2 Å². The second-order valence-electron chi connectivity index (χ2n) is 6.57. The maximum Gasteiger partial charge on any atom is 0.313 e. The SMILES string of the molecule is COc1ccc(CCNC(=O)C(=O)Nc2ccc3c(c2)N(C)C(=O)CO3)cc1OC. The molecule has 0 spiro atoms. The molecule has 0 atom stereocenters. The molecule has 0 radical (unpaired) electrons. The first-order chi connectivity index (χ1) is 14.4. The third-order valence-electron chi connectivity index (χ3n) is 4.66. The van der Waals surface area contributed by atoms with Crippen LogP contribution >= 0.6 is 0 Å². The molecule has 9 heteroatoms. The minimum absolute atomic E-state index is 0.0301. The van der Waals surface area contributed by atoms with Gasteiger partial charge < -0.3 is 29.7 Å². The lowest BCUT2D eigenvalue weighted by molar-refractivity contribution is -0.136. The average molecular weight is 413 g/mol. The van der Waals surface area contributed by atoms with Gasteiger partial charge in [0.05, 0.1) is 19.9 Å². The molecular weight excluding hydrogens is 390 g/mol. The molecule has 2 N–H and O–H groups in total. The summed E-state index contributed by atoms with van der Waals surface area (Å²) in [6.45, 7) is 0.245. The molecule has 0 saturated heterocycles. The number of hydrogen-bond acceptors (Lipinski definition) is 6. The van der Waals surface area contributed by atoms with Crippen molar-refractivity contribution in [3.63, 3.8) is 0 Å². The van der Waals surface area contributed by atoms with Crippen LogP contribution in [0, 0.1) is 0 Å². The Hall–Kier alpha value is -3.75. The maximum atomic E-state index is 12.2. The van der Waals surface area contributed by atoms with Gasteiger partial charge in [-0.2, -0.15) is 0 Å². The van der Waals surface area contributed by atoms with Crippen LogP contribution in [-0.4, -0.2) is 52.1 Å². The first-order valence-corrected chi connectivity index (χ1v) is 9.26. The summed E-state index contributed by atoms with van der Waals surface area (Å²) in [5, 5.41) is 5.11. The molecular formula is C21H23N3O6. The van der Waals surface area contributed by atoms with Crippen LogP contribution in [0.3, 0.4) is 0 Å². The van der Waals surface area contributed by atoms with Crippen LogP contribution in [-0.2, 0) is 20.8 Å².